The van der Waals surface area contributed by atoms with Crippen LogP contribution in [-0.2, 0) is 19.1 Å². The number of halogens is 1. The Morgan fingerprint density at radius 3 is 2.29 bits per heavy atom. The van der Waals surface area contributed by atoms with Crippen molar-refractivity contribution in [3.05, 3.63) is 46.2 Å². The Bertz CT molecular complexity index is 962. The molecule has 1 aromatic carbocycles. The van der Waals surface area contributed by atoms with E-state index in [1.165, 1.54) is 0 Å². The molecule has 1 fully saturated rings. The largest absolute Gasteiger partial charge is 0.466 e. The summed E-state index contributed by atoms with van der Waals surface area (Å²) in [5.74, 6) is -1.24. The number of hydrogen-bond donors (Lipinski definition) is 0. The molecule has 0 unspecified atom stereocenters. The van der Waals surface area contributed by atoms with Crippen LogP contribution in [0.15, 0.2) is 24.3 Å². The van der Waals surface area contributed by atoms with Crippen LogP contribution in [0.25, 0.3) is 5.69 Å². The molecule has 1 amide bonds. The Labute approximate surface area is 186 Å². The van der Waals surface area contributed by atoms with Crippen molar-refractivity contribution in [2.45, 2.75) is 33.6 Å². The minimum Gasteiger partial charge on any atom is -0.466 e. The lowest BCUT2D eigenvalue weighted by Gasteiger charge is -2.30. The highest BCUT2D eigenvalue weighted by atomic mass is 35.5. The van der Waals surface area contributed by atoms with Crippen molar-refractivity contribution in [3.8, 4) is 5.69 Å². The standard InChI is InChI=1S/C22H26ClN3O5/c1-4-30-21(28)17-9-11-25(12-10-17)19(27)13-31-22(29)16-5-7-18(8-6-16)26-15(3)20(23)14(2)24-26/h5-8,17H,4,9-13H2,1-3H3. The second-order valence-electron chi connectivity index (χ2n) is 7.43. The summed E-state index contributed by atoms with van der Waals surface area (Å²) in [4.78, 5) is 38.1. The van der Waals surface area contributed by atoms with Crippen LogP contribution < -0.4 is 0 Å². The molecule has 0 bridgehead atoms. The molecule has 0 radical (unpaired) electrons. The van der Waals surface area contributed by atoms with Gasteiger partial charge in [-0.3, -0.25) is 9.59 Å². The molecular formula is C22H26ClN3O5. The fourth-order valence-corrected chi connectivity index (χ4v) is 3.66. The molecule has 1 saturated heterocycles. The van der Waals surface area contributed by atoms with Crippen molar-refractivity contribution in [1.82, 2.24) is 14.7 Å². The van der Waals surface area contributed by atoms with Gasteiger partial charge in [0.1, 0.15) is 0 Å². The number of carbonyl (C=O) groups is 3. The van der Waals surface area contributed by atoms with Crippen molar-refractivity contribution >= 4 is 29.4 Å². The summed E-state index contributed by atoms with van der Waals surface area (Å²) in [6.45, 7) is 6.37. The number of aromatic nitrogens is 2. The maximum atomic E-state index is 12.4. The zero-order valence-electron chi connectivity index (χ0n) is 17.9. The number of esters is 2. The first-order valence-corrected chi connectivity index (χ1v) is 10.6. The Morgan fingerprint density at radius 1 is 1.10 bits per heavy atom. The van der Waals surface area contributed by atoms with Gasteiger partial charge in [-0.1, -0.05) is 11.6 Å². The summed E-state index contributed by atoms with van der Waals surface area (Å²) in [6.07, 6.45) is 1.10. The van der Waals surface area contributed by atoms with E-state index in [0.717, 1.165) is 17.1 Å². The predicted molar refractivity (Wildman–Crippen MR) is 114 cm³/mol. The Balaban J connectivity index is 1.51. The Kier molecular flexibility index (Phi) is 7.33. The van der Waals surface area contributed by atoms with Gasteiger partial charge in [-0.05, 0) is 57.9 Å². The summed E-state index contributed by atoms with van der Waals surface area (Å²) in [5.41, 5.74) is 2.65. The van der Waals surface area contributed by atoms with Crippen molar-refractivity contribution in [2.75, 3.05) is 26.3 Å². The van der Waals surface area contributed by atoms with E-state index in [1.807, 2.05) is 13.8 Å². The van der Waals surface area contributed by atoms with Gasteiger partial charge in [0.25, 0.3) is 5.91 Å². The van der Waals surface area contributed by atoms with E-state index < -0.39 is 5.97 Å². The van der Waals surface area contributed by atoms with Crippen LogP contribution in [0, 0.1) is 19.8 Å². The summed E-state index contributed by atoms with van der Waals surface area (Å²) in [6, 6.07) is 6.73. The van der Waals surface area contributed by atoms with Crippen LogP contribution in [0.1, 0.15) is 41.5 Å². The first-order valence-electron chi connectivity index (χ1n) is 10.3. The van der Waals surface area contributed by atoms with Gasteiger partial charge in [-0.25, -0.2) is 9.48 Å². The lowest BCUT2D eigenvalue weighted by molar-refractivity contribution is -0.151. The molecule has 0 spiro atoms. The van der Waals surface area contributed by atoms with Gasteiger partial charge < -0.3 is 14.4 Å². The number of likely N-dealkylation sites (tertiary alicyclic amines) is 1. The van der Waals surface area contributed by atoms with Crippen molar-refractivity contribution in [2.24, 2.45) is 5.92 Å². The molecule has 1 aliphatic rings. The normalized spacial score (nSPS) is 14.4. The molecule has 0 N–H and O–H groups in total. The number of amides is 1. The molecule has 2 heterocycles. The minimum absolute atomic E-state index is 0.179. The zero-order valence-corrected chi connectivity index (χ0v) is 18.6. The van der Waals surface area contributed by atoms with Crippen LogP contribution >= 0.6 is 11.6 Å². The number of carbonyl (C=O) groups excluding carboxylic acids is 3. The number of aryl methyl sites for hydroxylation is 1. The van der Waals surface area contributed by atoms with Crippen LogP contribution in [0.2, 0.25) is 5.02 Å². The molecule has 1 aromatic heterocycles. The van der Waals surface area contributed by atoms with Gasteiger partial charge in [0.05, 0.1) is 40.2 Å². The van der Waals surface area contributed by atoms with E-state index in [-0.39, 0.29) is 24.4 Å². The molecule has 0 atom stereocenters. The molecule has 9 heteroatoms. The number of benzene rings is 1. The Hall–Kier alpha value is -2.87. The van der Waals surface area contributed by atoms with Crippen LogP contribution in [-0.4, -0.2) is 58.8 Å². The van der Waals surface area contributed by atoms with Gasteiger partial charge in [0.2, 0.25) is 0 Å². The zero-order chi connectivity index (χ0) is 22.5. The van der Waals surface area contributed by atoms with Gasteiger partial charge >= 0.3 is 11.9 Å². The average Bonchev–Trinajstić information content (AvgIpc) is 3.05. The number of piperidine rings is 1. The lowest BCUT2D eigenvalue weighted by atomic mass is 9.97. The second kappa shape index (κ2) is 9.96. The topological polar surface area (TPSA) is 90.7 Å². The highest BCUT2D eigenvalue weighted by Crippen LogP contribution is 2.23. The highest BCUT2D eigenvalue weighted by Gasteiger charge is 2.28. The molecule has 0 aliphatic carbocycles. The van der Waals surface area contributed by atoms with Crippen LogP contribution in [0.5, 0.6) is 0 Å². The number of nitrogens with zero attached hydrogens (tertiary/aromatic N) is 3. The van der Waals surface area contributed by atoms with E-state index in [2.05, 4.69) is 5.10 Å². The molecule has 31 heavy (non-hydrogen) atoms. The van der Waals surface area contributed by atoms with Crippen LogP contribution in [0.3, 0.4) is 0 Å². The van der Waals surface area contributed by atoms with Crippen molar-refractivity contribution in [1.29, 1.82) is 0 Å². The first kappa shape index (κ1) is 22.8. The minimum atomic E-state index is -0.576. The fourth-order valence-electron chi connectivity index (χ4n) is 3.54. The molecule has 1 aliphatic heterocycles. The summed E-state index contributed by atoms with van der Waals surface area (Å²) in [7, 11) is 0. The Morgan fingerprint density at radius 2 is 1.74 bits per heavy atom. The third-order valence-electron chi connectivity index (χ3n) is 5.34. The maximum Gasteiger partial charge on any atom is 0.338 e. The predicted octanol–water partition coefficient (Wildman–Crippen LogP) is 3.10. The lowest BCUT2D eigenvalue weighted by Crippen LogP contribution is -2.42. The quantitative estimate of drug-likeness (QED) is 0.632. The molecule has 2 aromatic rings. The van der Waals surface area contributed by atoms with Gasteiger partial charge in [-0.2, -0.15) is 5.10 Å². The van der Waals surface area contributed by atoms with Gasteiger partial charge in [0, 0.05) is 13.1 Å². The molecular weight excluding hydrogens is 422 g/mol. The van der Waals surface area contributed by atoms with Gasteiger partial charge in [0.15, 0.2) is 6.61 Å². The monoisotopic (exact) mass is 447 g/mol. The first-order chi connectivity index (χ1) is 14.8. The summed E-state index contributed by atoms with van der Waals surface area (Å²) < 4.78 is 11.9. The van der Waals surface area contributed by atoms with Gasteiger partial charge in [-0.15, -0.1) is 0 Å². The van der Waals surface area contributed by atoms with E-state index in [1.54, 1.807) is 40.8 Å². The molecule has 0 saturated carbocycles. The summed E-state index contributed by atoms with van der Waals surface area (Å²) >= 11 is 6.19. The molecule has 166 valence electrons. The average molecular weight is 448 g/mol. The maximum absolute atomic E-state index is 12.4. The highest BCUT2D eigenvalue weighted by molar-refractivity contribution is 6.31. The SMILES string of the molecule is CCOC(=O)C1CCN(C(=O)COC(=O)c2ccc(-n3nc(C)c(Cl)c3C)cc2)CC1. The summed E-state index contributed by atoms with van der Waals surface area (Å²) in [5, 5.41) is 4.99. The molecule has 8 nitrogen and oxygen atoms in total. The number of ether oxygens (including phenoxy) is 2. The third-order valence-corrected chi connectivity index (χ3v) is 5.89. The van der Waals surface area contributed by atoms with E-state index in [0.29, 0.717) is 43.1 Å². The van der Waals surface area contributed by atoms with E-state index in [9.17, 15) is 14.4 Å². The smallest absolute Gasteiger partial charge is 0.338 e. The second-order valence-corrected chi connectivity index (χ2v) is 7.80. The van der Waals surface area contributed by atoms with E-state index >= 15 is 0 Å². The van der Waals surface area contributed by atoms with Crippen molar-refractivity contribution in [3.63, 3.8) is 0 Å². The van der Waals surface area contributed by atoms with E-state index in [4.69, 9.17) is 21.1 Å². The fraction of sp³-hybridized carbons (Fsp3) is 0.455. The number of hydrogen-bond acceptors (Lipinski definition) is 6. The number of rotatable bonds is 6. The third kappa shape index (κ3) is 5.25. The van der Waals surface area contributed by atoms with Crippen molar-refractivity contribution < 1.29 is 23.9 Å². The molecule has 3 rings (SSSR count). The van der Waals surface area contributed by atoms with Crippen LogP contribution in [0.4, 0.5) is 0 Å².